The summed E-state index contributed by atoms with van der Waals surface area (Å²) in [6.45, 7) is 2.79. The van der Waals surface area contributed by atoms with Crippen LogP contribution in [0.1, 0.15) is 4.88 Å². The van der Waals surface area contributed by atoms with Crippen molar-refractivity contribution < 1.29 is 14.3 Å². The standard InChI is InChI=1S/C25H20ClN3O3S/c1-16-24(28-25(33-16)20-4-2-3-11-27-20)17-5-10-22-21(14-17)29(23(30)15-32-22)12-13-31-19-8-6-18(26)7-9-19/h2-11,14H,12-13,15H2,1H3. The van der Waals surface area contributed by atoms with Crippen LogP contribution in [0.4, 0.5) is 5.69 Å². The first-order valence-corrected chi connectivity index (χ1v) is 11.6. The molecule has 0 fully saturated rings. The number of ether oxygens (including phenoxy) is 2. The number of hydrogen-bond donors (Lipinski definition) is 0. The minimum absolute atomic E-state index is 0.00679. The van der Waals surface area contributed by atoms with Gasteiger partial charge in [0.15, 0.2) is 6.61 Å². The summed E-state index contributed by atoms with van der Waals surface area (Å²) in [7, 11) is 0. The Morgan fingerprint density at radius 3 is 2.79 bits per heavy atom. The first kappa shape index (κ1) is 21.4. The summed E-state index contributed by atoms with van der Waals surface area (Å²) in [6, 6.07) is 18.8. The van der Waals surface area contributed by atoms with Crippen LogP contribution in [0.2, 0.25) is 5.02 Å². The van der Waals surface area contributed by atoms with Crippen molar-refractivity contribution in [3.63, 3.8) is 0 Å². The molecule has 1 aliphatic heterocycles. The minimum Gasteiger partial charge on any atom is -0.492 e. The molecule has 4 aromatic rings. The lowest BCUT2D eigenvalue weighted by Crippen LogP contribution is -2.41. The highest BCUT2D eigenvalue weighted by atomic mass is 35.5. The summed E-state index contributed by atoms with van der Waals surface area (Å²) in [5.74, 6) is 1.26. The number of aromatic nitrogens is 2. The molecular weight excluding hydrogens is 458 g/mol. The summed E-state index contributed by atoms with van der Waals surface area (Å²) >= 11 is 7.52. The van der Waals surface area contributed by atoms with Crippen molar-refractivity contribution in [2.75, 3.05) is 24.7 Å². The average molecular weight is 478 g/mol. The van der Waals surface area contributed by atoms with Crippen molar-refractivity contribution in [1.29, 1.82) is 0 Å². The summed E-state index contributed by atoms with van der Waals surface area (Å²) < 4.78 is 11.5. The van der Waals surface area contributed by atoms with Gasteiger partial charge in [-0.3, -0.25) is 9.78 Å². The first-order chi connectivity index (χ1) is 16.1. The van der Waals surface area contributed by atoms with Crippen molar-refractivity contribution in [3.8, 4) is 33.5 Å². The monoisotopic (exact) mass is 477 g/mol. The van der Waals surface area contributed by atoms with Crippen molar-refractivity contribution >= 4 is 34.5 Å². The maximum absolute atomic E-state index is 12.7. The number of nitrogens with zero attached hydrogens (tertiary/aromatic N) is 3. The van der Waals surface area contributed by atoms with Gasteiger partial charge in [0.05, 0.1) is 23.6 Å². The van der Waals surface area contributed by atoms with E-state index < -0.39 is 0 Å². The SMILES string of the molecule is Cc1sc(-c2ccccn2)nc1-c1ccc2c(c1)N(CCOc1ccc(Cl)cc1)C(=O)CO2. The fourth-order valence-electron chi connectivity index (χ4n) is 3.64. The normalized spacial score (nSPS) is 12.9. The predicted molar refractivity (Wildman–Crippen MR) is 130 cm³/mol. The summed E-state index contributed by atoms with van der Waals surface area (Å²) in [6.07, 6.45) is 1.76. The zero-order valence-electron chi connectivity index (χ0n) is 17.8. The molecule has 166 valence electrons. The number of amides is 1. The molecule has 0 radical (unpaired) electrons. The molecule has 1 amide bonds. The number of anilines is 1. The molecule has 0 aliphatic carbocycles. The Balaban J connectivity index is 1.39. The van der Waals surface area contributed by atoms with Crippen molar-refractivity contribution in [2.45, 2.75) is 6.92 Å². The van der Waals surface area contributed by atoms with E-state index in [4.69, 9.17) is 26.1 Å². The quantitative estimate of drug-likeness (QED) is 0.359. The maximum Gasteiger partial charge on any atom is 0.265 e. The third-order valence-corrected chi connectivity index (χ3v) is 6.50. The van der Waals surface area contributed by atoms with Crippen LogP contribution in [0.25, 0.3) is 22.0 Å². The molecule has 0 atom stereocenters. The molecule has 33 heavy (non-hydrogen) atoms. The van der Waals surface area contributed by atoms with E-state index in [1.807, 2.05) is 43.3 Å². The molecule has 1 aliphatic rings. The van der Waals surface area contributed by atoms with Crippen molar-refractivity contribution in [2.24, 2.45) is 0 Å². The number of fused-ring (bicyclic) bond motifs is 1. The van der Waals surface area contributed by atoms with Gasteiger partial charge < -0.3 is 14.4 Å². The van der Waals surface area contributed by atoms with Crippen molar-refractivity contribution in [1.82, 2.24) is 9.97 Å². The second-order valence-corrected chi connectivity index (χ2v) is 9.10. The molecule has 6 nitrogen and oxygen atoms in total. The maximum atomic E-state index is 12.7. The van der Waals surface area contributed by atoms with Gasteiger partial charge in [-0.2, -0.15) is 0 Å². The second kappa shape index (κ2) is 9.21. The van der Waals surface area contributed by atoms with Gasteiger partial charge in [-0.25, -0.2) is 4.98 Å². The summed E-state index contributed by atoms with van der Waals surface area (Å²) in [5, 5.41) is 1.51. The lowest BCUT2D eigenvalue weighted by atomic mass is 10.1. The highest BCUT2D eigenvalue weighted by molar-refractivity contribution is 7.15. The number of benzene rings is 2. The number of carbonyl (C=O) groups is 1. The summed E-state index contributed by atoms with van der Waals surface area (Å²) in [4.78, 5) is 24.7. The van der Waals surface area contributed by atoms with Gasteiger partial charge in [0, 0.05) is 21.7 Å². The molecule has 0 bridgehead atoms. The molecule has 0 unspecified atom stereocenters. The number of carbonyl (C=O) groups excluding carboxylic acids is 1. The number of rotatable bonds is 6. The van der Waals surface area contributed by atoms with Gasteiger partial charge in [0.2, 0.25) is 0 Å². The molecule has 0 saturated carbocycles. The lowest BCUT2D eigenvalue weighted by Gasteiger charge is -2.29. The highest BCUT2D eigenvalue weighted by Crippen LogP contribution is 2.39. The number of hydrogen-bond acceptors (Lipinski definition) is 6. The Hall–Kier alpha value is -3.42. The third kappa shape index (κ3) is 4.55. The Morgan fingerprint density at radius 1 is 1.15 bits per heavy atom. The Bertz CT molecular complexity index is 1290. The molecule has 5 rings (SSSR count). The molecule has 8 heteroatoms. The Labute approximate surface area is 200 Å². The Morgan fingerprint density at radius 2 is 2.00 bits per heavy atom. The van der Waals surface area contributed by atoms with E-state index in [9.17, 15) is 4.79 Å². The number of aryl methyl sites for hydroxylation is 1. The van der Waals surface area contributed by atoms with Gasteiger partial charge in [0.1, 0.15) is 23.1 Å². The van der Waals surface area contributed by atoms with Gasteiger partial charge in [0.25, 0.3) is 5.91 Å². The summed E-state index contributed by atoms with van der Waals surface area (Å²) in [5.41, 5.74) is 3.36. The van der Waals surface area contributed by atoms with E-state index in [1.54, 1.807) is 46.7 Å². The van der Waals surface area contributed by atoms with E-state index in [0.29, 0.717) is 29.7 Å². The van der Waals surface area contributed by atoms with Crippen LogP contribution in [-0.2, 0) is 4.79 Å². The first-order valence-electron chi connectivity index (χ1n) is 10.4. The van der Waals surface area contributed by atoms with Crippen LogP contribution in [0.3, 0.4) is 0 Å². The van der Waals surface area contributed by atoms with Gasteiger partial charge in [-0.05, 0) is 61.5 Å². The zero-order valence-corrected chi connectivity index (χ0v) is 19.4. The van der Waals surface area contributed by atoms with E-state index in [2.05, 4.69) is 4.98 Å². The molecule has 2 aromatic carbocycles. The molecule has 0 spiro atoms. The van der Waals surface area contributed by atoms with Gasteiger partial charge in [-0.1, -0.05) is 17.7 Å². The number of pyridine rings is 1. The van der Waals surface area contributed by atoms with E-state index in [1.165, 1.54) is 0 Å². The van der Waals surface area contributed by atoms with Crippen molar-refractivity contribution in [3.05, 3.63) is 76.8 Å². The van der Waals surface area contributed by atoms with Gasteiger partial charge in [-0.15, -0.1) is 11.3 Å². The van der Waals surface area contributed by atoms with E-state index >= 15 is 0 Å². The van der Waals surface area contributed by atoms with Gasteiger partial charge >= 0.3 is 0 Å². The molecule has 0 saturated heterocycles. The fourth-order valence-corrected chi connectivity index (χ4v) is 4.68. The molecular formula is C25H20ClN3O3S. The Kier molecular flexibility index (Phi) is 5.98. The van der Waals surface area contributed by atoms with Crippen LogP contribution in [-0.4, -0.2) is 35.6 Å². The van der Waals surface area contributed by atoms with Crippen LogP contribution in [0.15, 0.2) is 66.9 Å². The fraction of sp³-hybridized carbons (Fsp3) is 0.160. The molecule has 2 aromatic heterocycles. The highest BCUT2D eigenvalue weighted by Gasteiger charge is 2.26. The molecule has 3 heterocycles. The van der Waals surface area contributed by atoms with Crippen LogP contribution < -0.4 is 14.4 Å². The van der Waals surface area contributed by atoms with E-state index in [-0.39, 0.29) is 12.5 Å². The smallest absolute Gasteiger partial charge is 0.265 e. The predicted octanol–water partition coefficient (Wildman–Crippen LogP) is 5.64. The topological polar surface area (TPSA) is 64.5 Å². The van der Waals surface area contributed by atoms with Crippen LogP contribution >= 0.6 is 22.9 Å². The molecule has 0 N–H and O–H groups in total. The van der Waals surface area contributed by atoms with Crippen LogP contribution in [0, 0.1) is 6.92 Å². The van der Waals surface area contributed by atoms with Crippen LogP contribution in [0.5, 0.6) is 11.5 Å². The van der Waals surface area contributed by atoms with E-state index in [0.717, 1.165) is 32.5 Å². The number of halogens is 1. The largest absolute Gasteiger partial charge is 0.492 e. The zero-order chi connectivity index (χ0) is 22.8. The lowest BCUT2D eigenvalue weighted by molar-refractivity contribution is -0.121. The second-order valence-electron chi connectivity index (χ2n) is 7.46. The number of thiazole rings is 1. The third-order valence-electron chi connectivity index (χ3n) is 5.25. The average Bonchev–Trinajstić information content (AvgIpc) is 3.23. The minimum atomic E-state index is -0.108.